The molecule has 0 spiro atoms. The van der Waals surface area contributed by atoms with Gasteiger partial charge in [0, 0.05) is 23.1 Å². The molecule has 0 radical (unpaired) electrons. The third kappa shape index (κ3) is 3.60. The van der Waals surface area contributed by atoms with E-state index in [9.17, 15) is 4.79 Å². The van der Waals surface area contributed by atoms with E-state index in [0.29, 0.717) is 19.6 Å². The average Bonchev–Trinajstić information content (AvgIpc) is 2.19. The molecule has 1 aromatic rings. The number of carbonyl (C=O) groups excluding carboxylic acids is 1. The monoisotopic (exact) mass is 256 g/mol. The molecular formula is C11H13BrO2. The number of halogens is 1. The van der Waals surface area contributed by atoms with Crippen LogP contribution >= 0.6 is 15.9 Å². The Morgan fingerprint density at radius 3 is 2.57 bits per heavy atom. The van der Waals surface area contributed by atoms with Crippen LogP contribution in [0.15, 0.2) is 28.7 Å². The number of Topliss-reactive ketones (excluding diaryl/α,β-unsaturated/α-hetero) is 1. The number of rotatable bonds is 5. The van der Waals surface area contributed by atoms with Crippen LogP contribution in [0.2, 0.25) is 0 Å². The molecule has 0 fully saturated rings. The minimum Gasteiger partial charge on any atom is -0.381 e. The highest BCUT2D eigenvalue weighted by atomic mass is 79.9. The first-order valence-electron chi connectivity index (χ1n) is 4.60. The molecule has 0 amide bonds. The molecule has 0 saturated carbocycles. The van der Waals surface area contributed by atoms with Crippen LogP contribution in [0.1, 0.15) is 23.7 Å². The number of carbonyl (C=O) groups is 1. The first kappa shape index (κ1) is 11.4. The van der Waals surface area contributed by atoms with E-state index in [4.69, 9.17) is 4.74 Å². The molecule has 0 bridgehead atoms. The van der Waals surface area contributed by atoms with E-state index < -0.39 is 0 Å². The predicted octanol–water partition coefficient (Wildman–Crippen LogP) is 3.06. The fourth-order valence-electron chi connectivity index (χ4n) is 1.09. The Bertz CT molecular complexity index is 293. The van der Waals surface area contributed by atoms with Gasteiger partial charge in [0.25, 0.3) is 0 Å². The second-order valence-corrected chi connectivity index (χ2v) is 3.79. The number of benzene rings is 1. The molecule has 3 heteroatoms. The maximum atomic E-state index is 11.5. The number of ketones is 1. The molecule has 0 aromatic heterocycles. The maximum absolute atomic E-state index is 11.5. The summed E-state index contributed by atoms with van der Waals surface area (Å²) >= 11 is 3.32. The molecule has 0 aliphatic rings. The molecule has 0 heterocycles. The molecule has 0 unspecified atom stereocenters. The van der Waals surface area contributed by atoms with E-state index in [2.05, 4.69) is 15.9 Å². The van der Waals surface area contributed by atoms with Crippen LogP contribution in [0, 0.1) is 0 Å². The Morgan fingerprint density at radius 1 is 1.36 bits per heavy atom. The lowest BCUT2D eigenvalue weighted by Gasteiger charge is -2.01. The van der Waals surface area contributed by atoms with Gasteiger partial charge in [0.2, 0.25) is 0 Å². The molecule has 1 rings (SSSR count). The highest BCUT2D eigenvalue weighted by Crippen LogP contribution is 2.11. The summed E-state index contributed by atoms with van der Waals surface area (Å²) in [5, 5.41) is 0. The Balaban J connectivity index is 2.48. The Morgan fingerprint density at radius 2 is 2.00 bits per heavy atom. The fraction of sp³-hybridized carbons (Fsp3) is 0.364. The van der Waals surface area contributed by atoms with Crippen molar-refractivity contribution >= 4 is 21.7 Å². The van der Waals surface area contributed by atoms with E-state index in [1.165, 1.54) is 0 Å². The largest absolute Gasteiger partial charge is 0.381 e. The molecule has 14 heavy (non-hydrogen) atoms. The van der Waals surface area contributed by atoms with E-state index >= 15 is 0 Å². The topological polar surface area (TPSA) is 26.3 Å². The molecule has 2 nitrogen and oxygen atoms in total. The van der Waals surface area contributed by atoms with Crippen LogP contribution in [-0.4, -0.2) is 19.0 Å². The molecule has 0 aliphatic heterocycles. The van der Waals surface area contributed by atoms with Gasteiger partial charge in [-0.25, -0.2) is 0 Å². The van der Waals surface area contributed by atoms with Gasteiger partial charge >= 0.3 is 0 Å². The SMILES string of the molecule is CCOCCC(=O)c1ccc(Br)cc1. The summed E-state index contributed by atoms with van der Waals surface area (Å²) in [4.78, 5) is 11.5. The molecular weight excluding hydrogens is 244 g/mol. The van der Waals surface area contributed by atoms with E-state index in [1.54, 1.807) is 0 Å². The van der Waals surface area contributed by atoms with Crippen molar-refractivity contribution < 1.29 is 9.53 Å². The molecule has 0 N–H and O–H groups in total. The lowest BCUT2D eigenvalue weighted by molar-refractivity contribution is 0.0896. The van der Waals surface area contributed by atoms with Crippen molar-refractivity contribution in [2.24, 2.45) is 0 Å². The van der Waals surface area contributed by atoms with Crippen molar-refractivity contribution in [1.29, 1.82) is 0 Å². The van der Waals surface area contributed by atoms with Crippen molar-refractivity contribution in [3.05, 3.63) is 34.3 Å². The molecule has 0 saturated heterocycles. The minimum absolute atomic E-state index is 0.131. The van der Waals surface area contributed by atoms with E-state index in [0.717, 1.165) is 10.0 Å². The quantitative estimate of drug-likeness (QED) is 0.598. The molecule has 1 aromatic carbocycles. The summed E-state index contributed by atoms with van der Waals surface area (Å²) in [5.41, 5.74) is 0.743. The highest BCUT2D eigenvalue weighted by Gasteiger charge is 2.04. The first-order chi connectivity index (χ1) is 6.74. The van der Waals surface area contributed by atoms with Crippen LogP contribution in [0.3, 0.4) is 0 Å². The van der Waals surface area contributed by atoms with Crippen molar-refractivity contribution in [3.63, 3.8) is 0 Å². The Labute approximate surface area is 92.4 Å². The van der Waals surface area contributed by atoms with Crippen molar-refractivity contribution in [2.45, 2.75) is 13.3 Å². The van der Waals surface area contributed by atoms with Gasteiger partial charge in [-0.15, -0.1) is 0 Å². The smallest absolute Gasteiger partial charge is 0.165 e. The summed E-state index contributed by atoms with van der Waals surface area (Å²) in [5.74, 6) is 0.131. The van der Waals surface area contributed by atoms with E-state index in [-0.39, 0.29) is 5.78 Å². The summed E-state index contributed by atoms with van der Waals surface area (Å²) in [6.45, 7) is 3.09. The first-order valence-corrected chi connectivity index (χ1v) is 5.40. The van der Waals surface area contributed by atoms with Gasteiger partial charge in [0.05, 0.1) is 6.61 Å². The van der Waals surface area contributed by atoms with Crippen LogP contribution in [0.25, 0.3) is 0 Å². The van der Waals surface area contributed by atoms with Crippen molar-refractivity contribution in [3.8, 4) is 0 Å². The molecule has 0 aliphatic carbocycles. The van der Waals surface area contributed by atoms with E-state index in [1.807, 2.05) is 31.2 Å². The van der Waals surface area contributed by atoms with Crippen LogP contribution in [0.5, 0.6) is 0 Å². The minimum atomic E-state index is 0.131. The van der Waals surface area contributed by atoms with Crippen molar-refractivity contribution in [2.75, 3.05) is 13.2 Å². The van der Waals surface area contributed by atoms with Gasteiger partial charge in [0.1, 0.15) is 0 Å². The van der Waals surface area contributed by atoms with Gasteiger partial charge in [-0.3, -0.25) is 4.79 Å². The fourth-order valence-corrected chi connectivity index (χ4v) is 1.35. The summed E-state index contributed by atoms with van der Waals surface area (Å²) in [7, 11) is 0. The summed E-state index contributed by atoms with van der Waals surface area (Å²) in [6, 6.07) is 7.37. The highest BCUT2D eigenvalue weighted by molar-refractivity contribution is 9.10. The number of ether oxygens (including phenoxy) is 1. The number of hydrogen-bond acceptors (Lipinski definition) is 2. The zero-order valence-electron chi connectivity index (χ0n) is 8.13. The summed E-state index contributed by atoms with van der Waals surface area (Å²) in [6.07, 6.45) is 0.454. The van der Waals surface area contributed by atoms with Crippen LogP contribution in [0.4, 0.5) is 0 Å². The Hall–Kier alpha value is -0.670. The second-order valence-electron chi connectivity index (χ2n) is 2.88. The Kier molecular flexibility index (Phi) is 4.84. The normalized spacial score (nSPS) is 10.1. The summed E-state index contributed by atoms with van der Waals surface area (Å²) < 4.78 is 6.10. The maximum Gasteiger partial charge on any atom is 0.165 e. The second kappa shape index (κ2) is 5.94. The zero-order chi connectivity index (χ0) is 10.4. The average molecular weight is 257 g/mol. The lowest BCUT2D eigenvalue weighted by Crippen LogP contribution is -2.04. The third-order valence-corrected chi connectivity index (χ3v) is 2.37. The predicted molar refractivity (Wildman–Crippen MR) is 59.6 cm³/mol. The standard InChI is InChI=1S/C11H13BrO2/c1-2-14-8-7-11(13)9-3-5-10(12)6-4-9/h3-6H,2,7-8H2,1H3. The number of hydrogen-bond donors (Lipinski definition) is 0. The van der Waals surface area contributed by atoms with Gasteiger partial charge in [0.15, 0.2) is 5.78 Å². The lowest BCUT2D eigenvalue weighted by atomic mass is 10.1. The van der Waals surface area contributed by atoms with Crippen LogP contribution < -0.4 is 0 Å². The molecule has 0 atom stereocenters. The van der Waals surface area contributed by atoms with Crippen molar-refractivity contribution in [1.82, 2.24) is 0 Å². The van der Waals surface area contributed by atoms with Gasteiger partial charge in [-0.05, 0) is 19.1 Å². The van der Waals surface area contributed by atoms with Gasteiger partial charge in [-0.2, -0.15) is 0 Å². The van der Waals surface area contributed by atoms with Gasteiger partial charge in [-0.1, -0.05) is 28.1 Å². The zero-order valence-corrected chi connectivity index (χ0v) is 9.71. The molecule has 76 valence electrons. The van der Waals surface area contributed by atoms with Gasteiger partial charge < -0.3 is 4.74 Å². The van der Waals surface area contributed by atoms with Crippen LogP contribution in [-0.2, 0) is 4.74 Å². The third-order valence-electron chi connectivity index (χ3n) is 1.84.